The molecule has 0 bridgehead atoms. The standard InChI is InChI=1S/C32H44FN7O5/c1-21(2)17-23-24(33)19-34-26-18-22(35-29(23)26)20-40-14-10-11-25(31(40)43)36-30(42)27(12-8-9-13-28(41)38(5)6)45-32(44)39(7)16-15-37(3)4/h9-11,13-14,18-19,21,27,35H,8,12,15-17,20H2,1-7H3,(H,36,42)/b13-9+. The maximum atomic E-state index is 14.5. The van der Waals surface area contributed by atoms with Gasteiger partial charge in [0.1, 0.15) is 11.5 Å². The largest absolute Gasteiger partial charge is 0.436 e. The number of carbonyl (C=O) groups excluding carboxylic acids is 3. The van der Waals surface area contributed by atoms with Crippen LogP contribution in [0.5, 0.6) is 0 Å². The fraction of sp³-hybridized carbons (Fsp3) is 0.469. The van der Waals surface area contributed by atoms with Crippen LogP contribution in [-0.4, -0.2) is 102 Å². The molecular weight excluding hydrogens is 581 g/mol. The molecule has 0 aliphatic rings. The number of carbonyl (C=O) groups is 3. The Morgan fingerprint density at radius 3 is 2.56 bits per heavy atom. The van der Waals surface area contributed by atoms with Gasteiger partial charge in [-0.1, -0.05) is 19.9 Å². The molecule has 0 radical (unpaired) electrons. The second-order valence-corrected chi connectivity index (χ2v) is 11.9. The highest BCUT2D eigenvalue weighted by Crippen LogP contribution is 2.23. The Bertz CT molecular complexity index is 1580. The Morgan fingerprint density at radius 2 is 1.89 bits per heavy atom. The maximum Gasteiger partial charge on any atom is 0.410 e. The minimum Gasteiger partial charge on any atom is -0.436 e. The van der Waals surface area contributed by atoms with E-state index < -0.39 is 23.7 Å². The predicted octanol–water partition coefficient (Wildman–Crippen LogP) is 3.47. The normalized spacial score (nSPS) is 12.2. The molecule has 2 N–H and O–H groups in total. The second-order valence-electron chi connectivity index (χ2n) is 11.9. The summed E-state index contributed by atoms with van der Waals surface area (Å²) in [6.45, 7) is 5.12. The summed E-state index contributed by atoms with van der Waals surface area (Å²) in [7, 11) is 8.58. The van der Waals surface area contributed by atoms with E-state index in [9.17, 15) is 23.6 Å². The molecule has 0 aromatic carbocycles. The van der Waals surface area contributed by atoms with Gasteiger partial charge in [0.05, 0.1) is 23.8 Å². The molecule has 45 heavy (non-hydrogen) atoms. The minimum absolute atomic E-state index is 0.00335. The van der Waals surface area contributed by atoms with E-state index in [0.717, 1.165) is 0 Å². The van der Waals surface area contributed by atoms with Crippen LogP contribution in [0.15, 0.2) is 47.5 Å². The molecule has 244 valence electrons. The Kier molecular flexibility index (Phi) is 12.4. The third-order valence-electron chi connectivity index (χ3n) is 7.02. The van der Waals surface area contributed by atoms with Crippen LogP contribution in [0.3, 0.4) is 0 Å². The van der Waals surface area contributed by atoms with Crippen molar-refractivity contribution in [2.45, 2.75) is 45.8 Å². The van der Waals surface area contributed by atoms with Crippen LogP contribution < -0.4 is 10.9 Å². The number of nitrogens with zero attached hydrogens (tertiary/aromatic N) is 5. The van der Waals surface area contributed by atoms with E-state index in [1.165, 1.54) is 32.7 Å². The summed E-state index contributed by atoms with van der Waals surface area (Å²) in [4.78, 5) is 63.5. The molecule has 3 aromatic rings. The SMILES string of the molecule is CC(C)Cc1c(F)cnc2cc(Cn3cccc(NC(=O)C(CC/C=C/C(=O)N(C)C)OC(=O)N(C)CCN(C)C)c3=O)[nH]c12. The Morgan fingerprint density at radius 1 is 1.16 bits per heavy atom. The van der Waals surface area contributed by atoms with Crippen molar-refractivity contribution in [2.24, 2.45) is 5.92 Å². The molecule has 0 aliphatic heterocycles. The van der Waals surface area contributed by atoms with Crippen molar-refractivity contribution in [2.75, 3.05) is 53.6 Å². The number of anilines is 1. The molecule has 0 aliphatic carbocycles. The number of amides is 3. The number of ether oxygens (including phenoxy) is 1. The lowest BCUT2D eigenvalue weighted by Gasteiger charge is -2.23. The summed E-state index contributed by atoms with van der Waals surface area (Å²) >= 11 is 0. The van der Waals surface area contributed by atoms with Gasteiger partial charge in [-0.05, 0) is 63.6 Å². The van der Waals surface area contributed by atoms with Gasteiger partial charge in [0.2, 0.25) is 5.91 Å². The van der Waals surface area contributed by atoms with Crippen molar-refractivity contribution in [3.05, 3.63) is 70.2 Å². The van der Waals surface area contributed by atoms with Crippen molar-refractivity contribution < 1.29 is 23.5 Å². The first-order valence-corrected chi connectivity index (χ1v) is 14.9. The molecule has 0 saturated heterocycles. The minimum atomic E-state index is -1.22. The topological polar surface area (TPSA) is 133 Å². The van der Waals surface area contributed by atoms with Crippen molar-refractivity contribution in [1.29, 1.82) is 0 Å². The van der Waals surface area contributed by atoms with Gasteiger partial charge >= 0.3 is 6.09 Å². The number of nitrogens with one attached hydrogen (secondary N) is 2. The zero-order valence-corrected chi connectivity index (χ0v) is 27.1. The molecule has 0 fully saturated rings. The lowest BCUT2D eigenvalue weighted by molar-refractivity contribution is -0.125. The van der Waals surface area contributed by atoms with E-state index in [1.807, 2.05) is 32.8 Å². The number of halogens is 1. The molecule has 3 rings (SSSR count). The number of aromatic nitrogens is 3. The number of allylic oxidation sites excluding steroid dienone is 1. The summed E-state index contributed by atoms with van der Waals surface area (Å²) < 4.78 is 21.5. The number of pyridine rings is 2. The van der Waals surface area contributed by atoms with Crippen molar-refractivity contribution in [3.8, 4) is 0 Å². The van der Waals surface area contributed by atoms with Crippen LogP contribution in [0.2, 0.25) is 0 Å². The quantitative estimate of drug-likeness (QED) is 0.262. The maximum absolute atomic E-state index is 14.5. The number of hydrogen-bond acceptors (Lipinski definition) is 7. The molecule has 3 aromatic heterocycles. The van der Waals surface area contributed by atoms with Crippen LogP contribution in [-0.2, 0) is 27.3 Å². The number of rotatable bonds is 14. The average molecular weight is 626 g/mol. The van der Waals surface area contributed by atoms with Gasteiger partial charge in [-0.2, -0.15) is 0 Å². The molecule has 13 heteroatoms. The molecular formula is C32H44FN7O5. The van der Waals surface area contributed by atoms with Gasteiger partial charge in [-0.15, -0.1) is 0 Å². The van der Waals surface area contributed by atoms with Gasteiger partial charge in [-0.25, -0.2) is 9.18 Å². The summed E-state index contributed by atoms with van der Waals surface area (Å²) in [5, 5.41) is 2.62. The number of aromatic amines is 1. The number of fused-ring (bicyclic) bond motifs is 1. The third kappa shape index (κ3) is 10.00. The average Bonchev–Trinajstić information content (AvgIpc) is 3.39. The fourth-order valence-corrected chi connectivity index (χ4v) is 4.48. The van der Waals surface area contributed by atoms with E-state index >= 15 is 0 Å². The molecule has 12 nitrogen and oxygen atoms in total. The van der Waals surface area contributed by atoms with E-state index in [0.29, 0.717) is 41.8 Å². The van der Waals surface area contributed by atoms with Crippen LogP contribution in [0, 0.1) is 11.7 Å². The first-order chi connectivity index (χ1) is 21.3. The summed E-state index contributed by atoms with van der Waals surface area (Å²) in [6, 6.07) is 4.86. The number of likely N-dealkylation sites (N-methyl/N-ethyl adjacent to an activating group) is 3. The van der Waals surface area contributed by atoms with Gasteiger partial charge < -0.3 is 34.3 Å². The van der Waals surface area contributed by atoms with Gasteiger partial charge in [0.25, 0.3) is 11.5 Å². The monoisotopic (exact) mass is 625 g/mol. The number of H-pyrrole nitrogens is 1. The molecule has 0 spiro atoms. The summed E-state index contributed by atoms with van der Waals surface area (Å²) in [5.41, 5.74) is 1.91. The molecule has 3 amide bonds. The van der Waals surface area contributed by atoms with Crippen LogP contribution in [0.25, 0.3) is 11.0 Å². The highest BCUT2D eigenvalue weighted by molar-refractivity contribution is 5.95. The van der Waals surface area contributed by atoms with Gasteiger partial charge in [0, 0.05) is 51.7 Å². The number of hydrogen-bond donors (Lipinski definition) is 2. The molecule has 1 atom stereocenters. The fourth-order valence-electron chi connectivity index (χ4n) is 4.48. The van der Waals surface area contributed by atoms with Crippen LogP contribution >= 0.6 is 0 Å². The van der Waals surface area contributed by atoms with Crippen molar-refractivity contribution in [3.63, 3.8) is 0 Å². The Labute approximate surface area is 262 Å². The molecule has 3 heterocycles. The Hall–Kier alpha value is -4.52. The Balaban J connectivity index is 1.79. The van der Waals surface area contributed by atoms with E-state index in [1.54, 1.807) is 45.5 Å². The predicted molar refractivity (Wildman–Crippen MR) is 172 cm³/mol. The highest BCUT2D eigenvalue weighted by atomic mass is 19.1. The van der Waals surface area contributed by atoms with Gasteiger partial charge in [-0.3, -0.25) is 19.4 Å². The first kappa shape index (κ1) is 35.0. The lowest BCUT2D eigenvalue weighted by atomic mass is 10.0. The highest BCUT2D eigenvalue weighted by Gasteiger charge is 2.25. The zero-order chi connectivity index (χ0) is 33.3. The lowest BCUT2D eigenvalue weighted by Crippen LogP contribution is -2.40. The van der Waals surface area contributed by atoms with E-state index in [-0.39, 0.29) is 42.7 Å². The van der Waals surface area contributed by atoms with Crippen LogP contribution in [0.4, 0.5) is 14.9 Å². The van der Waals surface area contributed by atoms with E-state index in [4.69, 9.17) is 4.74 Å². The van der Waals surface area contributed by atoms with Crippen molar-refractivity contribution >= 4 is 34.6 Å². The zero-order valence-electron chi connectivity index (χ0n) is 27.1. The summed E-state index contributed by atoms with van der Waals surface area (Å²) in [5.74, 6) is -1.04. The smallest absolute Gasteiger partial charge is 0.410 e. The van der Waals surface area contributed by atoms with E-state index in [2.05, 4.69) is 15.3 Å². The van der Waals surface area contributed by atoms with Crippen molar-refractivity contribution in [1.82, 2.24) is 29.2 Å². The van der Waals surface area contributed by atoms with Crippen LogP contribution in [0.1, 0.15) is 37.9 Å². The second kappa shape index (κ2) is 16.0. The molecule has 1 unspecified atom stereocenters. The first-order valence-electron chi connectivity index (χ1n) is 14.9. The third-order valence-corrected chi connectivity index (χ3v) is 7.02. The summed E-state index contributed by atoms with van der Waals surface area (Å²) in [6.07, 6.45) is 4.77. The molecule has 0 saturated carbocycles. The van der Waals surface area contributed by atoms with Gasteiger partial charge in [0.15, 0.2) is 6.10 Å².